The number of aromatic nitrogens is 1. The van der Waals surface area contributed by atoms with E-state index < -0.39 is 5.54 Å². The minimum atomic E-state index is -0.480. The van der Waals surface area contributed by atoms with E-state index in [1.807, 2.05) is 45.9 Å². The summed E-state index contributed by atoms with van der Waals surface area (Å²) in [6, 6.07) is 5.25. The number of nitrogens with zero attached hydrogens (tertiary/aromatic N) is 1. The zero-order valence-electron chi connectivity index (χ0n) is 13.9. The van der Waals surface area contributed by atoms with E-state index in [2.05, 4.69) is 15.6 Å². The predicted octanol–water partition coefficient (Wildman–Crippen LogP) is 3.24. The van der Waals surface area contributed by atoms with Crippen molar-refractivity contribution in [2.24, 2.45) is 0 Å². The lowest BCUT2D eigenvalue weighted by molar-refractivity contribution is 0.218. The molecule has 0 aliphatic rings. The largest absolute Gasteiger partial charge is 0.444 e. The van der Waals surface area contributed by atoms with Crippen LogP contribution in [0.15, 0.2) is 28.9 Å². The number of aliphatic hydroxyl groups is 1. The number of hydrogen-bond acceptors (Lipinski definition) is 4. The van der Waals surface area contributed by atoms with Crippen LogP contribution in [0.5, 0.6) is 0 Å². The maximum atomic E-state index is 12.1. The normalized spacial score (nSPS) is 11.3. The van der Waals surface area contributed by atoms with E-state index in [0.717, 1.165) is 16.8 Å². The third-order valence-corrected chi connectivity index (χ3v) is 3.53. The number of nitrogens with one attached hydrogen (secondary N) is 2. The smallest absolute Gasteiger partial charge is 0.319 e. The number of aliphatic hydroxyl groups excluding tert-OH is 1. The summed E-state index contributed by atoms with van der Waals surface area (Å²) in [5.74, 6) is 0.532. The highest BCUT2D eigenvalue weighted by Gasteiger charge is 2.20. The van der Waals surface area contributed by atoms with E-state index in [4.69, 9.17) is 9.52 Å². The molecule has 0 aliphatic heterocycles. The lowest BCUT2D eigenvalue weighted by Crippen LogP contribution is -2.46. The Morgan fingerprint density at radius 3 is 2.70 bits per heavy atom. The highest BCUT2D eigenvalue weighted by atomic mass is 16.3. The van der Waals surface area contributed by atoms with Gasteiger partial charge in [-0.05, 0) is 51.8 Å². The van der Waals surface area contributed by atoms with Gasteiger partial charge >= 0.3 is 6.03 Å². The zero-order valence-corrected chi connectivity index (χ0v) is 13.9. The SMILES string of the molecule is Cc1coc(-c2cc(NC(=O)NC(C)(C)CCO)ccc2C)n1. The standard InChI is InChI=1S/C17H23N3O3/c1-11-5-6-13(9-14(11)15-18-12(2)10-23-15)19-16(22)20-17(3,4)7-8-21/h5-6,9-10,21H,7-8H2,1-4H3,(H2,19,20,22). The molecule has 0 atom stereocenters. The number of aryl methyl sites for hydroxylation is 2. The first-order chi connectivity index (χ1) is 10.8. The monoisotopic (exact) mass is 317 g/mol. The first-order valence-corrected chi connectivity index (χ1v) is 7.54. The van der Waals surface area contributed by atoms with Crippen LogP contribution in [-0.2, 0) is 0 Å². The summed E-state index contributed by atoms with van der Waals surface area (Å²) in [7, 11) is 0. The molecule has 23 heavy (non-hydrogen) atoms. The molecular weight excluding hydrogens is 294 g/mol. The molecule has 0 fully saturated rings. The summed E-state index contributed by atoms with van der Waals surface area (Å²) in [6.45, 7) is 7.56. The number of benzene rings is 1. The molecule has 0 saturated carbocycles. The zero-order chi connectivity index (χ0) is 17.0. The average Bonchev–Trinajstić information content (AvgIpc) is 2.86. The molecule has 124 valence electrons. The molecule has 1 aromatic heterocycles. The van der Waals surface area contributed by atoms with E-state index >= 15 is 0 Å². The molecule has 2 amide bonds. The highest BCUT2D eigenvalue weighted by molar-refractivity contribution is 5.90. The van der Waals surface area contributed by atoms with Gasteiger partial charge in [0.1, 0.15) is 6.26 Å². The van der Waals surface area contributed by atoms with Gasteiger partial charge in [-0.25, -0.2) is 9.78 Å². The van der Waals surface area contributed by atoms with Gasteiger partial charge in [-0.2, -0.15) is 0 Å². The molecule has 0 saturated heterocycles. The van der Waals surface area contributed by atoms with Gasteiger partial charge in [0.25, 0.3) is 0 Å². The molecule has 0 unspecified atom stereocenters. The first kappa shape index (κ1) is 17.0. The first-order valence-electron chi connectivity index (χ1n) is 7.54. The number of urea groups is 1. The summed E-state index contributed by atoms with van der Waals surface area (Å²) >= 11 is 0. The van der Waals surface area contributed by atoms with Crippen LogP contribution in [0.25, 0.3) is 11.5 Å². The van der Waals surface area contributed by atoms with Crippen molar-refractivity contribution < 1.29 is 14.3 Å². The molecule has 0 radical (unpaired) electrons. The Morgan fingerprint density at radius 2 is 2.09 bits per heavy atom. The summed E-state index contributed by atoms with van der Waals surface area (Å²) in [5.41, 5.74) is 2.83. The molecular formula is C17H23N3O3. The van der Waals surface area contributed by atoms with Crippen LogP contribution in [0.2, 0.25) is 0 Å². The fourth-order valence-corrected chi connectivity index (χ4v) is 2.22. The van der Waals surface area contributed by atoms with Gasteiger partial charge in [0, 0.05) is 23.4 Å². The van der Waals surface area contributed by atoms with Crippen molar-refractivity contribution in [1.82, 2.24) is 10.3 Å². The number of amides is 2. The molecule has 1 heterocycles. The molecule has 3 N–H and O–H groups in total. The van der Waals surface area contributed by atoms with Crippen molar-refractivity contribution in [2.75, 3.05) is 11.9 Å². The van der Waals surface area contributed by atoms with E-state index in [1.54, 1.807) is 6.26 Å². The van der Waals surface area contributed by atoms with Crippen LogP contribution in [0.1, 0.15) is 31.5 Å². The number of hydrogen-bond donors (Lipinski definition) is 3. The third kappa shape index (κ3) is 4.56. The Labute approximate surface area is 135 Å². The van der Waals surface area contributed by atoms with E-state index in [0.29, 0.717) is 18.0 Å². The van der Waals surface area contributed by atoms with Gasteiger partial charge in [-0.1, -0.05) is 6.07 Å². The van der Waals surface area contributed by atoms with Crippen LogP contribution < -0.4 is 10.6 Å². The Bertz CT molecular complexity index is 692. The van der Waals surface area contributed by atoms with Crippen LogP contribution >= 0.6 is 0 Å². The van der Waals surface area contributed by atoms with Gasteiger partial charge in [0.2, 0.25) is 5.89 Å². The van der Waals surface area contributed by atoms with Crippen LogP contribution in [0, 0.1) is 13.8 Å². The van der Waals surface area contributed by atoms with E-state index in [1.165, 1.54) is 0 Å². The quantitative estimate of drug-likeness (QED) is 0.790. The summed E-state index contributed by atoms with van der Waals surface area (Å²) < 4.78 is 5.44. The highest BCUT2D eigenvalue weighted by Crippen LogP contribution is 2.26. The number of anilines is 1. The second kappa shape index (κ2) is 6.83. The Kier molecular flexibility index (Phi) is 5.05. The Balaban J connectivity index is 2.14. The summed E-state index contributed by atoms with van der Waals surface area (Å²) in [4.78, 5) is 16.4. The maximum absolute atomic E-state index is 12.1. The fraction of sp³-hybridized carbons (Fsp3) is 0.412. The lowest BCUT2D eigenvalue weighted by atomic mass is 10.0. The Morgan fingerprint density at radius 1 is 1.35 bits per heavy atom. The van der Waals surface area contributed by atoms with E-state index in [-0.39, 0.29) is 12.6 Å². The molecule has 1 aromatic carbocycles. The minimum Gasteiger partial charge on any atom is -0.444 e. The van der Waals surface area contributed by atoms with E-state index in [9.17, 15) is 4.79 Å². The molecule has 2 rings (SSSR count). The van der Waals surface area contributed by atoms with Crippen LogP contribution in [0.4, 0.5) is 10.5 Å². The van der Waals surface area contributed by atoms with Crippen molar-refractivity contribution in [3.8, 4) is 11.5 Å². The number of carbonyl (C=O) groups is 1. The fourth-order valence-electron chi connectivity index (χ4n) is 2.22. The molecule has 6 nitrogen and oxygen atoms in total. The molecule has 6 heteroatoms. The van der Waals surface area contributed by atoms with Gasteiger partial charge < -0.3 is 20.2 Å². The topological polar surface area (TPSA) is 87.4 Å². The summed E-state index contributed by atoms with van der Waals surface area (Å²) in [6.07, 6.45) is 2.08. The second-order valence-corrected chi connectivity index (χ2v) is 6.26. The second-order valence-electron chi connectivity index (χ2n) is 6.26. The van der Waals surface area contributed by atoms with Gasteiger partial charge in [-0.3, -0.25) is 0 Å². The van der Waals surface area contributed by atoms with Gasteiger partial charge in [-0.15, -0.1) is 0 Å². The molecule has 0 aliphatic carbocycles. The van der Waals surface area contributed by atoms with Gasteiger partial charge in [0.15, 0.2) is 0 Å². The Hall–Kier alpha value is -2.34. The number of carbonyl (C=O) groups excluding carboxylic acids is 1. The summed E-state index contributed by atoms with van der Waals surface area (Å²) in [5, 5.41) is 14.6. The molecule has 0 bridgehead atoms. The van der Waals surface area contributed by atoms with Crippen LogP contribution in [-0.4, -0.2) is 28.3 Å². The third-order valence-electron chi connectivity index (χ3n) is 3.53. The number of oxazole rings is 1. The van der Waals surface area contributed by atoms with Crippen molar-refractivity contribution >= 4 is 11.7 Å². The molecule has 2 aromatic rings. The van der Waals surface area contributed by atoms with Crippen molar-refractivity contribution in [3.63, 3.8) is 0 Å². The van der Waals surface area contributed by atoms with Gasteiger partial charge in [0.05, 0.1) is 5.69 Å². The van der Waals surface area contributed by atoms with Crippen molar-refractivity contribution in [1.29, 1.82) is 0 Å². The number of rotatable bonds is 5. The predicted molar refractivity (Wildman–Crippen MR) is 89.3 cm³/mol. The lowest BCUT2D eigenvalue weighted by Gasteiger charge is -2.25. The molecule has 0 spiro atoms. The maximum Gasteiger partial charge on any atom is 0.319 e. The van der Waals surface area contributed by atoms with Crippen molar-refractivity contribution in [2.45, 2.75) is 39.7 Å². The van der Waals surface area contributed by atoms with Crippen molar-refractivity contribution in [3.05, 3.63) is 35.7 Å². The average molecular weight is 317 g/mol. The minimum absolute atomic E-state index is 0.0193. The van der Waals surface area contributed by atoms with Crippen LogP contribution in [0.3, 0.4) is 0 Å².